The molecule has 0 rings (SSSR count). The molecule has 0 radical (unpaired) electrons. The SMILES string of the molecule is CCN(CC(=O)OC)S(=O)(=O)N(C)C(C)C. The van der Waals surface area contributed by atoms with E-state index in [1.54, 1.807) is 20.8 Å². The van der Waals surface area contributed by atoms with Crippen molar-refractivity contribution in [3.63, 3.8) is 0 Å². The Balaban J connectivity index is 4.88. The quantitative estimate of drug-likeness (QED) is 0.627. The maximum atomic E-state index is 12.0. The van der Waals surface area contributed by atoms with Gasteiger partial charge in [0, 0.05) is 19.6 Å². The molecule has 0 aromatic carbocycles. The van der Waals surface area contributed by atoms with Crippen molar-refractivity contribution < 1.29 is 17.9 Å². The number of nitrogens with zero attached hydrogens (tertiary/aromatic N) is 2. The van der Waals surface area contributed by atoms with Gasteiger partial charge < -0.3 is 4.74 Å². The number of methoxy groups -OCH3 is 1. The van der Waals surface area contributed by atoms with Gasteiger partial charge in [-0.1, -0.05) is 6.92 Å². The highest BCUT2D eigenvalue weighted by Gasteiger charge is 2.29. The number of hydrogen-bond acceptors (Lipinski definition) is 4. The second-order valence-electron chi connectivity index (χ2n) is 3.62. The van der Waals surface area contributed by atoms with E-state index in [9.17, 15) is 13.2 Å². The first kappa shape index (κ1) is 15.3. The lowest BCUT2D eigenvalue weighted by Gasteiger charge is -2.28. The van der Waals surface area contributed by atoms with Crippen molar-refractivity contribution >= 4 is 16.2 Å². The molecular weight excluding hydrogens is 232 g/mol. The third kappa shape index (κ3) is 3.73. The maximum absolute atomic E-state index is 12.0. The lowest BCUT2D eigenvalue weighted by atomic mass is 10.4. The number of carbonyl (C=O) groups excluding carboxylic acids is 1. The van der Waals surface area contributed by atoms with Crippen molar-refractivity contribution in [1.82, 2.24) is 8.61 Å². The van der Waals surface area contributed by atoms with Crippen LogP contribution in [0.1, 0.15) is 20.8 Å². The molecule has 7 heteroatoms. The summed E-state index contributed by atoms with van der Waals surface area (Å²) >= 11 is 0. The summed E-state index contributed by atoms with van der Waals surface area (Å²) in [4.78, 5) is 11.1. The molecule has 96 valence electrons. The Bertz CT molecular complexity index is 326. The fourth-order valence-corrected chi connectivity index (χ4v) is 2.51. The van der Waals surface area contributed by atoms with Gasteiger partial charge >= 0.3 is 5.97 Å². The highest BCUT2D eigenvalue weighted by atomic mass is 32.2. The molecule has 0 unspecified atom stereocenters. The third-order valence-electron chi connectivity index (χ3n) is 2.30. The largest absolute Gasteiger partial charge is 0.468 e. The van der Waals surface area contributed by atoms with Crippen molar-refractivity contribution in [2.45, 2.75) is 26.8 Å². The lowest BCUT2D eigenvalue weighted by Crippen LogP contribution is -2.46. The standard InChI is InChI=1S/C9H20N2O4S/c1-6-11(7-9(12)15-5)16(13,14)10(4)8(2)3/h8H,6-7H2,1-5H3. The van der Waals surface area contributed by atoms with E-state index in [4.69, 9.17) is 0 Å². The Morgan fingerprint density at radius 2 is 1.88 bits per heavy atom. The van der Waals surface area contributed by atoms with E-state index in [0.29, 0.717) is 0 Å². The van der Waals surface area contributed by atoms with Gasteiger partial charge in [-0.05, 0) is 13.8 Å². The minimum Gasteiger partial charge on any atom is -0.468 e. The molecule has 0 aliphatic carbocycles. The molecule has 0 N–H and O–H groups in total. The second kappa shape index (κ2) is 6.17. The first-order chi connectivity index (χ1) is 7.27. The molecule has 0 bridgehead atoms. The minimum atomic E-state index is -3.59. The van der Waals surface area contributed by atoms with E-state index in [0.717, 1.165) is 4.31 Å². The van der Waals surface area contributed by atoms with Crippen molar-refractivity contribution in [3.8, 4) is 0 Å². The van der Waals surface area contributed by atoms with Crippen LogP contribution in [0.3, 0.4) is 0 Å². The monoisotopic (exact) mass is 252 g/mol. The summed E-state index contributed by atoms with van der Waals surface area (Å²) in [5.41, 5.74) is 0. The summed E-state index contributed by atoms with van der Waals surface area (Å²) < 4.78 is 30.8. The molecule has 0 aliphatic heterocycles. The van der Waals surface area contributed by atoms with Crippen molar-refractivity contribution in [3.05, 3.63) is 0 Å². The fraction of sp³-hybridized carbons (Fsp3) is 0.889. The zero-order valence-corrected chi connectivity index (χ0v) is 11.2. The number of ether oxygens (including phenoxy) is 1. The first-order valence-corrected chi connectivity index (χ1v) is 6.47. The number of hydrogen-bond donors (Lipinski definition) is 0. The molecule has 0 aromatic heterocycles. The van der Waals surface area contributed by atoms with Crippen LogP contribution in [-0.2, 0) is 19.7 Å². The van der Waals surface area contributed by atoms with Gasteiger partial charge in [0.25, 0.3) is 10.2 Å². The Morgan fingerprint density at radius 3 is 2.19 bits per heavy atom. The van der Waals surface area contributed by atoms with Gasteiger partial charge in [-0.2, -0.15) is 17.0 Å². The van der Waals surface area contributed by atoms with E-state index < -0.39 is 16.2 Å². The van der Waals surface area contributed by atoms with Gasteiger partial charge in [-0.3, -0.25) is 4.79 Å². The molecular formula is C9H20N2O4S. The fourth-order valence-electron chi connectivity index (χ4n) is 1.01. The topological polar surface area (TPSA) is 66.9 Å². The Morgan fingerprint density at radius 1 is 1.38 bits per heavy atom. The Hall–Kier alpha value is -0.660. The first-order valence-electron chi connectivity index (χ1n) is 5.07. The Labute approximate surface area is 97.3 Å². The van der Waals surface area contributed by atoms with Crippen LogP contribution in [0.2, 0.25) is 0 Å². The number of rotatable bonds is 6. The van der Waals surface area contributed by atoms with Crippen LogP contribution in [0.25, 0.3) is 0 Å². The van der Waals surface area contributed by atoms with E-state index in [-0.39, 0.29) is 19.1 Å². The molecule has 0 amide bonds. The van der Waals surface area contributed by atoms with Crippen LogP contribution >= 0.6 is 0 Å². The van der Waals surface area contributed by atoms with Crippen molar-refractivity contribution in [1.29, 1.82) is 0 Å². The van der Waals surface area contributed by atoms with Crippen molar-refractivity contribution in [2.75, 3.05) is 27.2 Å². The predicted octanol–water partition coefficient (Wildman–Crippen LogP) is 0.0663. The number of esters is 1. The average molecular weight is 252 g/mol. The number of carbonyl (C=O) groups is 1. The molecule has 0 heterocycles. The summed E-state index contributed by atoms with van der Waals surface area (Å²) in [5.74, 6) is -0.567. The van der Waals surface area contributed by atoms with Gasteiger partial charge in [-0.15, -0.1) is 0 Å². The van der Waals surface area contributed by atoms with E-state index in [1.807, 2.05) is 0 Å². The van der Waals surface area contributed by atoms with E-state index >= 15 is 0 Å². The van der Waals surface area contributed by atoms with Gasteiger partial charge in [0.15, 0.2) is 0 Å². The molecule has 0 aliphatic rings. The molecule has 0 atom stereocenters. The zero-order chi connectivity index (χ0) is 12.9. The van der Waals surface area contributed by atoms with Crippen molar-refractivity contribution in [2.24, 2.45) is 0 Å². The summed E-state index contributed by atoms with van der Waals surface area (Å²) in [6.45, 7) is 5.18. The summed E-state index contributed by atoms with van der Waals surface area (Å²) in [5, 5.41) is 0. The van der Waals surface area contributed by atoms with Crippen LogP contribution < -0.4 is 0 Å². The highest BCUT2D eigenvalue weighted by molar-refractivity contribution is 7.86. The lowest BCUT2D eigenvalue weighted by molar-refractivity contribution is -0.140. The van der Waals surface area contributed by atoms with E-state index in [2.05, 4.69) is 4.74 Å². The van der Waals surface area contributed by atoms with Gasteiger partial charge in [0.1, 0.15) is 6.54 Å². The second-order valence-corrected chi connectivity index (χ2v) is 5.61. The summed E-state index contributed by atoms with van der Waals surface area (Å²) in [6.07, 6.45) is 0. The molecule has 0 spiro atoms. The Kier molecular flexibility index (Phi) is 5.91. The van der Waals surface area contributed by atoms with Crippen LogP contribution in [0, 0.1) is 0 Å². The molecule has 0 saturated heterocycles. The highest BCUT2D eigenvalue weighted by Crippen LogP contribution is 2.09. The van der Waals surface area contributed by atoms with E-state index in [1.165, 1.54) is 18.5 Å². The molecule has 0 fully saturated rings. The van der Waals surface area contributed by atoms with Crippen LogP contribution in [0.4, 0.5) is 0 Å². The van der Waals surface area contributed by atoms with Crippen LogP contribution in [-0.4, -0.2) is 56.3 Å². The maximum Gasteiger partial charge on any atom is 0.321 e. The third-order valence-corrected chi connectivity index (χ3v) is 4.49. The predicted molar refractivity (Wildman–Crippen MR) is 61.1 cm³/mol. The molecule has 0 saturated carbocycles. The average Bonchev–Trinajstić information content (AvgIpc) is 2.23. The molecule has 6 nitrogen and oxygen atoms in total. The van der Waals surface area contributed by atoms with Gasteiger partial charge in [0.2, 0.25) is 0 Å². The summed E-state index contributed by atoms with van der Waals surface area (Å²) in [7, 11) is -0.873. The van der Waals surface area contributed by atoms with Crippen LogP contribution in [0.15, 0.2) is 0 Å². The smallest absolute Gasteiger partial charge is 0.321 e. The van der Waals surface area contributed by atoms with Gasteiger partial charge in [0.05, 0.1) is 7.11 Å². The molecule has 16 heavy (non-hydrogen) atoms. The number of likely N-dealkylation sites (N-methyl/N-ethyl adjacent to an activating group) is 1. The van der Waals surface area contributed by atoms with Crippen LogP contribution in [0.5, 0.6) is 0 Å². The zero-order valence-electron chi connectivity index (χ0n) is 10.4. The normalized spacial score (nSPS) is 12.5. The minimum absolute atomic E-state index is 0.156. The summed E-state index contributed by atoms with van der Waals surface area (Å²) in [6, 6.07) is -0.156. The van der Waals surface area contributed by atoms with Gasteiger partial charge in [-0.25, -0.2) is 0 Å². The molecule has 0 aromatic rings.